The third-order valence-corrected chi connectivity index (χ3v) is 5.17. The van der Waals surface area contributed by atoms with E-state index >= 15 is 0 Å². The molecule has 2 aliphatic rings. The minimum atomic E-state index is -0.125. The Morgan fingerprint density at radius 1 is 1.09 bits per heavy atom. The van der Waals surface area contributed by atoms with Crippen molar-refractivity contribution in [1.82, 2.24) is 14.8 Å². The highest BCUT2D eigenvalue weighted by molar-refractivity contribution is 7.13. The first-order chi connectivity index (χ1) is 10.7. The summed E-state index contributed by atoms with van der Waals surface area (Å²) in [5.74, 6) is 0.504. The molecule has 1 saturated heterocycles. The lowest BCUT2D eigenvalue weighted by atomic mass is 9.88. The van der Waals surface area contributed by atoms with E-state index in [0.29, 0.717) is 37.2 Å². The van der Waals surface area contributed by atoms with Crippen LogP contribution >= 0.6 is 11.3 Å². The van der Waals surface area contributed by atoms with Gasteiger partial charge in [-0.1, -0.05) is 19.3 Å². The molecule has 0 bridgehead atoms. The Labute approximate surface area is 134 Å². The van der Waals surface area contributed by atoms with Crippen LogP contribution in [-0.4, -0.2) is 52.9 Å². The Bertz CT molecular complexity index is 506. The highest BCUT2D eigenvalue weighted by Gasteiger charge is 2.29. The fourth-order valence-electron chi connectivity index (χ4n) is 3.19. The second-order valence-electron chi connectivity index (χ2n) is 5.91. The summed E-state index contributed by atoms with van der Waals surface area (Å²) in [6, 6.07) is -0.125. The number of hydrogen-bond donors (Lipinski definition) is 1. The largest absolute Gasteiger partial charge is 0.339 e. The van der Waals surface area contributed by atoms with Crippen molar-refractivity contribution < 1.29 is 9.59 Å². The van der Waals surface area contributed by atoms with Crippen LogP contribution in [-0.2, 0) is 4.79 Å². The summed E-state index contributed by atoms with van der Waals surface area (Å²) in [5.41, 5.74) is 0. The van der Waals surface area contributed by atoms with E-state index in [0.717, 1.165) is 12.8 Å². The third-order valence-electron chi connectivity index (χ3n) is 4.48. The second kappa shape index (κ2) is 7.09. The van der Waals surface area contributed by atoms with Crippen LogP contribution in [0.3, 0.4) is 0 Å². The minimum Gasteiger partial charge on any atom is -0.339 e. The third kappa shape index (κ3) is 3.58. The van der Waals surface area contributed by atoms with Crippen molar-refractivity contribution >= 4 is 28.4 Å². The van der Waals surface area contributed by atoms with Crippen LogP contribution in [0.25, 0.3) is 0 Å². The number of rotatable bonds is 2. The number of amides is 3. The number of nitrogens with one attached hydrogen (secondary N) is 1. The fraction of sp³-hybridized carbons (Fsp3) is 0.667. The molecule has 1 saturated carbocycles. The molecule has 3 rings (SSSR count). The number of thiazole rings is 1. The summed E-state index contributed by atoms with van der Waals surface area (Å²) in [6.45, 7) is 2.46. The number of piperazine rings is 1. The molecule has 1 aromatic rings. The highest BCUT2D eigenvalue weighted by Crippen LogP contribution is 2.25. The Balaban J connectivity index is 1.47. The Hall–Kier alpha value is -1.63. The monoisotopic (exact) mass is 322 g/mol. The van der Waals surface area contributed by atoms with E-state index in [9.17, 15) is 9.59 Å². The number of nitrogens with zero attached hydrogens (tertiary/aromatic N) is 3. The smallest absolute Gasteiger partial charge is 0.323 e. The van der Waals surface area contributed by atoms with E-state index in [1.807, 2.05) is 10.3 Å². The summed E-state index contributed by atoms with van der Waals surface area (Å²) in [6.07, 6.45) is 7.34. The Morgan fingerprint density at radius 3 is 2.41 bits per heavy atom. The van der Waals surface area contributed by atoms with Gasteiger partial charge in [-0.15, -0.1) is 11.3 Å². The average Bonchev–Trinajstić information content (AvgIpc) is 3.08. The van der Waals surface area contributed by atoms with Gasteiger partial charge in [-0.05, 0) is 12.8 Å². The van der Waals surface area contributed by atoms with Crippen molar-refractivity contribution in [2.75, 3.05) is 31.5 Å². The first kappa shape index (κ1) is 15.3. The van der Waals surface area contributed by atoms with Crippen molar-refractivity contribution in [3.63, 3.8) is 0 Å². The maximum Gasteiger partial charge on any atom is 0.323 e. The standard InChI is InChI=1S/C15H22N4O2S/c20-13(12-4-2-1-3-5-12)18-7-9-19(10-8-18)15(21)17-14-16-6-11-22-14/h6,11-12H,1-5,7-10H2,(H,16,17,21). The fourth-order valence-corrected chi connectivity index (χ4v) is 3.71. The van der Waals surface area contributed by atoms with Gasteiger partial charge in [0.15, 0.2) is 5.13 Å². The molecular formula is C15H22N4O2S. The molecule has 2 fully saturated rings. The van der Waals surface area contributed by atoms with Gasteiger partial charge in [0.1, 0.15) is 0 Å². The van der Waals surface area contributed by atoms with Crippen molar-refractivity contribution in [1.29, 1.82) is 0 Å². The van der Waals surface area contributed by atoms with Crippen molar-refractivity contribution in [3.05, 3.63) is 11.6 Å². The average molecular weight is 322 g/mol. The molecule has 1 aliphatic carbocycles. The van der Waals surface area contributed by atoms with Gasteiger partial charge in [0.25, 0.3) is 0 Å². The first-order valence-corrected chi connectivity index (χ1v) is 8.86. The number of carbonyl (C=O) groups is 2. The topological polar surface area (TPSA) is 65.5 Å². The van der Waals surface area contributed by atoms with Gasteiger partial charge in [-0.2, -0.15) is 0 Å². The maximum absolute atomic E-state index is 12.5. The van der Waals surface area contributed by atoms with Crippen molar-refractivity contribution in [3.8, 4) is 0 Å². The van der Waals surface area contributed by atoms with E-state index in [2.05, 4.69) is 10.3 Å². The number of hydrogen-bond acceptors (Lipinski definition) is 4. The predicted molar refractivity (Wildman–Crippen MR) is 85.9 cm³/mol. The van der Waals surface area contributed by atoms with Crippen LogP contribution in [0.4, 0.5) is 9.93 Å². The maximum atomic E-state index is 12.5. The van der Waals surface area contributed by atoms with Crippen molar-refractivity contribution in [2.45, 2.75) is 32.1 Å². The zero-order chi connectivity index (χ0) is 15.4. The lowest BCUT2D eigenvalue weighted by Gasteiger charge is -2.36. The van der Waals surface area contributed by atoms with Gasteiger partial charge in [0, 0.05) is 43.7 Å². The molecule has 120 valence electrons. The predicted octanol–water partition coefficient (Wildman–Crippen LogP) is 2.40. The summed E-state index contributed by atoms with van der Waals surface area (Å²) in [5, 5.41) is 5.24. The van der Waals surface area contributed by atoms with Crippen LogP contribution in [0.2, 0.25) is 0 Å². The van der Waals surface area contributed by atoms with E-state index in [-0.39, 0.29) is 11.9 Å². The van der Waals surface area contributed by atoms with E-state index in [1.165, 1.54) is 30.6 Å². The Kier molecular flexibility index (Phi) is 4.92. The zero-order valence-electron chi connectivity index (χ0n) is 12.7. The molecule has 0 aromatic carbocycles. The van der Waals surface area contributed by atoms with E-state index in [1.54, 1.807) is 11.1 Å². The molecule has 1 aliphatic heterocycles. The first-order valence-electron chi connectivity index (χ1n) is 7.98. The number of urea groups is 1. The van der Waals surface area contributed by atoms with E-state index in [4.69, 9.17) is 0 Å². The molecule has 1 N–H and O–H groups in total. The normalized spacial score (nSPS) is 20.0. The van der Waals surface area contributed by atoms with Gasteiger partial charge in [0.2, 0.25) is 5.91 Å². The van der Waals surface area contributed by atoms with Crippen LogP contribution in [0.15, 0.2) is 11.6 Å². The molecule has 2 heterocycles. The quantitative estimate of drug-likeness (QED) is 0.909. The molecule has 1 aromatic heterocycles. The van der Waals surface area contributed by atoms with Crippen LogP contribution < -0.4 is 5.32 Å². The zero-order valence-corrected chi connectivity index (χ0v) is 13.5. The number of carbonyl (C=O) groups excluding carboxylic acids is 2. The van der Waals surface area contributed by atoms with Crippen molar-refractivity contribution in [2.24, 2.45) is 5.92 Å². The lowest BCUT2D eigenvalue weighted by Crippen LogP contribution is -2.53. The molecule has 7 heteroatoms. The molecule has 0 atom stereocenters. The second-order valence-corrected chi connectivity index (χ2v) is 6.81. The lowest BCUT2D eigenvalue weighted by molar-refractivity contribution is -0.137. The SMILES string of the molecule is O=C(Nc1nccs1)N1CCN(C(=O)C2CCCCC2)CC1. The molecule has 3 amide bonds. The van der Waals surface area contributed by atoms with Crippen LogP contribution in [0.5, 0.6) is 0 Å². The van der Waals surface area contributed by atoms with Gasteiger partial charge < -0.3 is 9.80 Å². The minimum absolute atomic E-state index is 0.125. The summed E-state index contributed by atoms with van der Waals surface area (Å²) >= 11 is 1.41. The summed E-state index contributed by atoms with van der Waals surface area (Å²) in [7, 11) is 0. The van der Waals surface area contributed by atoms with Gasteiger partial charge in [0.05, 0.1) is 0 Å². The van der Waals surface area contributed by atoms with Crippen LogP contribution in [0, 0.1) is 5.92 Å². The number of anilines is 1. The highest BCUT2D eigenvalue weighted by atomic mass is 32.1. The number of aromatic nitrogens is 1. The molecule has 22 heavy (non-hydrogen) atoms. The molecule has 6 nitrogen and oxygen atoms in total. The molecular weight excluding hydrogens is 300 g/mol. The summed E-state index contributed by atoms with van der Waals surface area (Å²) < 4.78 is 0. The summed E-state index contributed by atoms with van der Waals surface area (Å²) in [4.78, 5) is 32.3. The molecule has 0 spiro atoms. The molecule has 0 unspecified atom stereocenters. The van der Waals surface area contributed by atoms with Gasteiger partial charge in [-0.3, -0.25) is 10.1 Å². The van der Waals surface area contributed by atoms with E-state index < -0.39 is 0 Å². The Morgan fingerprint density at radius 2 is 1.77 bits per heavy atom. The molecule has 0 radical (unpaired) electrons. The van der Waals surface area contributed by atoms with Gasteiger partial charge in [-0.25, -0.2) is 9.78 Å². The van der Waals surface area contributed by atoms with Gasteiger partial charge >= 0.3 is 6.03 Å². The van der Waals surface area contributed by atoms with Crippen LogP contribution in [0.1, 0.15) is 32.1 Å².